The van der Waals surface area contributed by atoms with Gasteiger partial charge in [0.05, 0.1) is 0 Å². The Labute approximate surface area is 123 Å². The number of aliphatic carboxylic acids is 1. The number of carboxylic acid groups (broad SMARTS) is 1. The van der Waals surface area contributed by atoms with Crippen molar-refractivity contribution < 1.29 is 23.1 Å². The van der Waals surface area contributed by atoms with Gasteiger partial charge < -0.3 is 15.4 Å². The van der Waals surface area contributed by atoms with Crippen molar-refractivity contribution in [2.45, 2.75) is 31.2 Å². The zero-order valence-electron chi connectivity index (χ0n) is 12.0. The lowest BCUT2D eigenvalue weighted by atomic mass is 10.0. The first kappa shape index (κ1) is 17.2. The van der Waals surface area contributed by atoms with Crippen molar-refractivity contribution in [3.05, 3.63) is 18.0 Å². The minimum atomic E-state index is -4.05. The van der Waals surface area contributed by atoms with Crippen molar-refractivity contribution in [1.82, 2.24) is 9.29 Å². The van der Waals surface area contributed by atoms with Crippen LogP contribution in [0.5, 0.6) is 0 Å². The minimum absolute atomic E-state index is 0.0192. The van der Waals surface area contributed by atoms with Crippen LogP contribution in [0.25, 0.3) is 0 Å². The Morgan fingerprint density at radius 3 is 2.43 bits per heavy atom. The van der Waals surface area contributed by atoms with Crippen molar-refractivity contribution >= 4 is 21.9 Å². The zero-order valence-corrected chi connectivity index (χ0v) is 12.8. The molecule has 0 aliphatic heterocycles. The second kappa shape index (κ2) is 6.27. The first-order chi connectivity index (χ1) is 9.60. The van der Waals surface area contributed by atoms with Crippen LogP contribution in [0.4, 0.5) is 0 Å². The molecule has 1 aromatic rings. The van der Waals surface area contributed by atoms with Gasteiger partial charge in [0, 0.05) is 13.2 Å². The van der Waals surface area contributed by atoms with Crippen LogP contribution < -0.4 is 10.5 Å². The molecule has 2 atom stereocenters. The third-order valence-electron chi connectivity index (χ3n) is 3.30. The molecule has 0 saturated carbocycles. The molecule has 1 heterocycles. The fourth-order valence-electron chi connectivity index (χ4n) is 1.81. The maximum atomic E-state index is 12.2. The lowest BCUT2D eigenvalue weighted by Gasteiger charge is -2.19. The Bertz CT molecular complexity index is 650. The van der Waals surface area contributed by atoms with Crippen molar-refractivity contribution in [3.63, 3.8) is 0 Å². The highest BCUT2D eigenvalue weighted by Crippen LogP contribution is 2.16. The first-order valence-electron chi connectivity index (χ1n) is 6.31. The lowest BCUT2D eigenvalue weighted by Crippen LogP contribution is -2.44. The van der Waals surface area contributed by atoms with Crippen LogP contribution in [0, 0.1) is 5.92 Å². The number of nitrogens with one attached hydrogen (secondary N) is 1. The minimum Gasteiger partial charge on any atom is -0.480 e. The van der Waals surface area contributed by atoms with E-state index in [1.165, 1.54) is 17.8 Å². The number of primary amides is 1. The summed E-state index contributed by atoms with van der Waals surface area (Å²) in [4.78, 5) is 22.1. The number of aryl methyl sites for hydroxylation is 1. The Morgan fingerprint density at radius 1 is 1.48 bits per heavy atom. The highest BCUT2D eigenvalue weighted by atomic mass is 32.2. The number of rotatable bonds is 7. The van der Waals surface area contributed by atoms with Crippen LogP contribution in [-0.2, 0) is 21.9 Å². The highest BCUT2D eigenvalue weighted by molar-refractivity contribution is 7.89. The molecule has 21 heavy (non-hydrogen) atoms. The number of hydrogen-bond donors (Lipinski definition) is 3. The summed E-state index contributed by atoms with van der Waals surface area (Å²) in [7, 11) is -2.58. The van der Waals surface area contributed by atoms with Crippen molar-refractivity contribution in [3.8, 4) is 0 Å². The van der Waals surface area contributed by atoms with Gasteiger partial charge >= 0.3 is 5.97 Å². The van der Waals surface area contributed by atoms with Crippen molar-refractivity contribution in [1.29, 1.82) is 0 Å². The normalized spacial score (nSPS) is 14.6. The summed E-state index contributed by atoms with van der Waals surface area (Å²) in [6.45, 7) is 3.41. The number of aromatic nitrogens is 1. The molecule has 8 nitrogen and oxygen atoms in total. The van der Waals surface area contributed by atoms with Gasteiger partial charge in [-0.1, -0.05) is 20.3 Å². The molecule has 1 rings (SSSR count). The highest BCUT2D eigenvalue weighted by Gasteiger charge is 2.30. The molecule has 9 heteroatoms. The maximum absolute atomic E-state index is 12.2. The quantitative estimate of drug-likeness (QED) is 0.646. The van der Waals surface area contributed by atoms with Gasteiger partial charge in [0.15, 0.2) is 0 Å². The zero-order chi connectivity index (χ0) is 16.4. The van der Waals surface area contributed by atoms with E-state index in [4.69, 9.17) is 10.8 Å². The second-order valence-corrected chi connectivity index (χ2v) is 6.57. The monoisotopic (exact) mass is 317 g/mol. The fraction of sp³-hybridized carbons (Fsp3) is 0.500. The Balaban J connectivity index is 3.13. The van der Waals surface area contributed by atoms with E-state index >= 15 is 0 Å². The molecular formula is C12H19N3O5S. The molecule has 1 amide bonds. The van der Waals surface area contributed by atoms with Crippen LogP contribution in [0.15, 0.2) is 17.2 Å². The van der Waals surface area contributed by atoms with Gasteiger partial charge in [0.2, 0.25) is 10.0 Å². The van der Waals surface area contributed by atoms with Gasteiger partial charge in [-0.25, -0.2) is 8.42 Å². The van der Waals surface area contributed by atoms with Gasteiger partial charge in [0.1, 0.15) is 16.6 Å². The molecule has 118 valence electrons. The summed E-state index contributed by atoms with van der Waals surface area (Å²) in [6.07, 6.45) is 1.71. The van der Waals surface area contributed by atoms with E-state index in [0.717, 1.165) is 6.07 Å². The molecule has 0 aliphatic carbocycles. The largest absolute Gasteiger partial charge is 0.480 e. The van der Waals surface area contributed by atoms with Crippen LogP contribution in [0.2, 0.25) is 0 Å². The second-order valence-electron chi connectivity index (χ2n) is 4.86. The molecule has 4 N–H and O–H groups in total. The number of amides is 1. The summed E-state index contributed by atoms with van der Waals surface area (Å²) in [6, 6.07) is -0.127. The van der Waals surface area contributed by atoms with Crippen LogP contribution in [0.3, 0.4) is 0 Å². The van der Waals surface area contributed by atoms with E-state index in [2.05, 4.69) is 4.72 Å². The summed E-state index contributed by atoms with van der Waals surface area (Å²) in [5, 5.41) is 9.13. The van der Waals surface area contributed by atoms with E-state index in [1.807, 2.05) is 0 Å². The van der Waals surface area contributed by atoms with Crippen molar-refractivity contribution in [2.75, 3.05) is 0 Å². The average Bonchev–Trinajstić information content (AvgIpc) is 2.78. The van der Waals surface area contributed by atoms with Gasteiger partial charge in [0.25, 0.3) is 5.91 Å². The van der Waals surface area contributed by atoms with E-state index in [0.29, 0.717) is 6.42 Å². The number of carboxylic acids is 1. The average molecular weight is 317 g/mol. The maximum Gasteiger partial charge on any atom is 0.322 e. The van der Waals surface area contributed by atoms with Gasteiger partial charge in [-0.05, 0) is 12.0 Å². The molecule has 1 aromatic heterocycles. The summed E-state index contributed by atoms with van der Waals surface area (Å²) >= 11 is 0. The smallest absolute Gasteiger partial charge is 0.322 e. The predicted molar refractivity (Wildman–Crippen MR) is 75.1 cm³/mol. The third kappa shape index (κ3) is 3.82. The fourth-order valence-corrected chi connectivity index (χ4v) is 3.17. The summed E-state index contributed by atoms with van der Waals surface area (Å²) in [5.74, 6) is -2.40. The van der Waals surface area contributed by atoms with E-state index in [1.54, 1.807) is 13.8 Å². The number of carbonyl (C=O) groups is 2. The summed E-state index contributed by atoms with van der Waals surface area (Å²) < 4.78 is 27.9. The lowest BCUT2D eigenvalue weighted by molar-refractivity contribution is -0.140. The van der Waals surface area contributed by atoms with Crippen LogP contribution >= 0.6 is 0 Å². The third-order valence-corrected chi connectivity index (χ3v) is 4.71. The number of nitrogens with two attached hydrogens (primary N) is 1. The molecule has 0 bridgehead atoms. The molecular weight excluding hydrogens is 298 g/mol. The van der Waals surface area contributed by atoms with E-state index in [-0.39, 0.29) is 16.5 Å². The molecule has 0 aliphatic rings. The molecule has 0 spiro atoms. The molecule has 0 aromatic carbocycles. The van der Waals surface area contributed by atoms with Crippen molar-refractivity contribution in [2.24, 2.45) is 18.7 Å². The van der Waals surface area contributed by atoms with Gasteiger partial charge in [-0.3, -0.25) is 9.59 Å². The van der Waals surface area contributed by atoms with Crippen LogP contribution in [-0.4, -0.2) is 36.0 Å². The standard InChI is InChI=1S/C12H19N3O5S/c1-4-7(2)10(12(17)18)14-21(19,20)8-5-9(11(13)16)15(3)6-8/h5-7,10,14H,4H2,1-3H3,(H2,13,16)(H,17,18)/t7?,10-/m0/s1. The Kier molecular flexibility index (Phi) is 5.13. The van der Waals surface area contributed by atoms with Gasteiger partial charge in [-0.15, -0.1) is 0 Å². The SMILES string of the molecule is CCC(C)[C@H](NS(=O)(=O)c1cc(C(N)=O)n(C)c1)C(=O)O. The summed E-state index contributed by atoms with van der Waals surface area (Å²) in [5.41, 5.74) is 5.14. The van der Waals surface area contributed by atoms with E-state index < -0.39 is 27.9 Å². The molecule has 0 fully saturated rings. The van der Waals surface area contributed by atoms with Gasteiger partial charge in [-0.2, -0.15) is 4.72 Å². The van der Waals surface area contributed by atoms with E-state index in [9.17, 15) is 18.0 Å². The predicted octanol–water partition coefficient (Wildman–Crippen LogP) is -0.0984. The first-order valence-corrected chi connectivity index (χ1v) is 7.79. The number of sulfonamides is 1. The molecule has 1 unspecified atom stereocenters. The number of carbonyl (C=O) groups excluding carboxylic acids is 1. The molecule has 0 saturated heterocycles. The molecule has 0 radical (unpaired) electrons. The Morgan fingerprint density at radius 2 is 2.05 bits per heavy atom. The van der Waals surface area contributed by atoms with Crippen LogP contribution in [0.1, 0.15) is 30.8 Å². The number of nitrogens with zero attached hydrogens (tertiary/aromatic N) is 1. The topological polar surface area (TPSA) is 131 Å². The number of hydrogen-bond acceptors (Lipinski definition) is 4. The Hall–Kier alpha value is -1.87.